The molecule has 396 valence electrons. The van der Waals surface area contributed by atoms with Crippen molar-refractivity contribution >= 4 is 28.5 Å². The summed E-state index contributed by atoms with van der Waals surface area (Å²) < 4.78 is 63.5. The monoisotopic (exact) mass is 1030 g/mol. The number of carbonyl (C=O) groups excluding carboxylic acids is 1. The topological polar surface area (TPSA) is 118 Å². The van der Waals surface area contributed by atoms with Gasteiger partial charge in [-0.05, 0) is 170 Å². The predicted octanol–water partition coefficient (Wildman–Crippen LogP) is 12.4. The fourth-order valence-corrected chi connectivity index (χ4v) is 13.5. The third-order valence-corrected chi connectivity index (χ3v) is 17.7. The second kappa shape index (κ2) is 20.0. The number of nitrogens with zero attached hydrogens (tertiary/aromatic N) is 8. The molecule has 2 aromatic heterocycles. The Kier molecular flexibility index (Phi) is 13.2. The lowest BCUT2D eigenvalue weighted by Gasteiger charge is -2.35. The van der Waals surface area contributed by atoms with E-state index in [0.717, 1.165) is 133 Å². The molecular formula is C61H68F4N10O. The Labute approximate surface area is 442 Å². The molecule has 4 N–H and O–H groups in total. The van der Waals surface area contributed by atoms with E-state index in [-0.39, 0.29) is 29.0 Å². The summed E-state index contributed by atoms with van der Waals surface area (Å²) in [7, 11) is 3.58. The number of benzene rings is 4. The lowest BCUT2D eigenvalue weighted by atomic mass is 9.81. The molecule has 0 unspecified atom stereocenters. The molecular weight excluding hydrogens is 965 g/mol. The summed E-state index contributed by atoms with van der Waals surface area (Å²) in [4.78, 5) is 23.5. The molecule has 6 aliphatic rings. The van der Waals surface area contributed by atoms with Crippen LogP contribution in [0.2, 0.25) is 0 Å². The second-order valence-electron chi connectivity index (χ2n) is 22.6. The minimum absolute atomic E-state index is 0.0185. The van der Waals surface area contributed by atoms with Gasteiger partial charge in [0.05, 0.1) is 23.8 Å². The normalized spacial score (nSPS) is 21.3. The van der Waals surface area contributed by atoms with Crippen molar-refractivity contribution in [3.05, 3.63) is 154 Å². The van der Waals surface area contributed by atoms with Crippen molar-refractivity contribution in [1.29, 1.82) is 0 Å². The van der Waals surface area contributed by atoms with E-state index in [2.05, 4.69) is 67.2 Å². The highest BCUT2D eigenvalue weighted by Crippen LogP contribution is 2.49. The van der Waals surface area contributed by atoms with Crippen molar-refractivity contribution in [3.8, 4) is 22.3 Å². The number of nitrogens with two attached hydrogens (primary N) is 2. The van der Waals surface area contributed by atoms with E-state index in [1.54, 1.807) is 60.4 Å². The number of anilines is 4. The smallest absolute Gasteiger partial charge is 0.264 e. The molecule has 2 fully saturated rings. The zero-order valence-electron chi connectivity index (χ0n) is 43.7. The molecule has 2 saturated carbocycles. The molecule has 2 aliphatic carbocycles. The largest absolute Gasteiger partial charge is 0.360 e. The Hall–Kier alpha value is -6.71. The molecule has 0 radical (unpaired) electrons. The zero-order valence-corrected chi connectivity index (χ0v) is 43.7. The van der Waals surface area contributed by atoms with Crippen LogP contribution in [0.4, 0.5) is 40.3 Å². The van der Waals surface area contributed by atoms with E-state index in [9.17, 15) is 4.79 Å². The predicted molar refractivity (Wildman–Crippen MR) is 291 cm³/mol. The minimum Gasteiger partial charge on any atom is -0.360 e. The van der Waals surface area contributed by atoms with Gasteiger partial charge in [-0.15, -0.1) is 0 Å². The first-order chi connectivity index (χ1) is 36.6. The van der Waals surface area contributed by atoms with Crippen LogP contribution in [-0.2, 0) is 57.9 Å². The van der Waals surface area contributed by atoms with Gasteiger partial charge in [-0.1, -0.05) is 25.3 Å². The number of alkyl halides is 4. The van der Waals surface area contributed by atoms with Gasteiger partial charge in [-0.2, -0.15) is 10.2 Å². The van der Waals surface area contributed by atoms with Crippen molar-refractivity contribution in [2.45, 2.75) is 140 Å². The SMILES string of the molecule is C=C(C(=O)C(=C)N1Cc2cc(C3CCC(N)CC3)cc(N3CCCc4cc(-c5cnn(C)c5)c(C(F)F)cc43)c2C1)N1Cc2cc(C3CCC(N)CC3)cc(N3CCCc4cc(-c5cnn(C)c5)c(C(F)F)cc43)c2C1. The van der Waals surface area contributed by atoms with E-state index in [1.165, 1.54) is 11.1 Å². The number of aryl methyl sites for hydroxylation is 4. The van der Waals surface area contributed by atoms with Gasteiger partial charge in [0, 0.05) is 134 Å². The molecule has 0 spiro atoms. The maximum Gasteiger partial charge on any atom is 0.264 e. The molecule has 12 rings (SSSR count). The van der Waals surface area contributed by atoms with Crippen LogP contribution >= 0.6 is 0 Å². The Morgan fingerprint density at radius 2 is 0.961 bits per heavy atom. The van der Waals surface area contributed by atoms with Crippen molar-refractivity contribution < 1.29 is 22.4 Å². The molecule has 11 nitrogen and oxygen atoms in total. The standard InChI is InChI=1S/C61H68F4N10O/c1-35(72-31-43-19-41(37-9-13-47(66)14-10-37)23-57(53(43)33-72)74-17-5-7-39-21-49(45-27-68-70(3)29-45)51(60(62)63)25-55(39)74)59(76)36(2)73-32-44-20-42(38-11-15-48(67)16-12-38)24-58(54(44)34-73)75-18-6-8-40-22-50(46-28-69-71(4)30-46)52(61(64)65)26-56(40)75/h19-30,37-38,47-48,60-61H,1-2,5-18,31-34,66-67H2,3-4H3. The molecule has 0 saturated heterocycles. The maximum atomic E-state index is 15.1. The highest BCUT2D eigenvalue weighted by Gasteiger charge is 2.37. The first kappa shape index (κ1) is 50.1. The van der Waals surface area contributed by atoms with Crippen molar-refractivity contribution in [2.24, 2.45) is 25.6 Å². The molecule has 4 aromatic carbocycles. The minimum atomic E-state index is -2.69. The van der Waals surface area contributed by atoms with Gasteiger partial charge in [0.1, 0.15) is 0 Å². The summed E-state index contributed by atoms with van der Waals surface area (Å²) in [5.74, 6) is 0.374. The number of halogens is 4. The average molecular weight is 1030 g/mol. The number of aromatic nitrogens is 4. The van der Waals surface area contributed by atoms with Crippen molar-refractivity contribution in [2.75, 3.05) is 22.9 Å². The van der Waals surface area contributed by atoms with Crippen LogP contribution in [0.5, 0.6) is 0 Å². The lowest BCUT2D eigenvalue weighted by molar-refractivity contribution is -0.115. The molecule has 15 heteroatoms. The zero-order chi connectivity index (χ0) is 52.7. The molecule has 0 atom stereocenters. The highest BCUT2D eigenvalue weighted by molar-refractivity contribution is 6.06. The number of carbonyl (C=O) groups is 1. The van der Waals surface area contributed by atoms with E-state index >= 15 is 17.6 Å². The van der Waals surface area contributed by atoms with E-state index in [4.69, 9.17) is 11.5 Å². The number of ketones is 1. The Morgan fingerprint density at radius 3 is 1.33 bits per heavy atom. The average Bonchev–Trinajstić information content (AvgIpc) is 4.36. The first-order valence-electron chi connectivity index (χ1n) is 27.3. The molecule has 76 heavy (non-hydrogen) atoms. The number of fused-ring (bicyclic) bond motifs is 4. The molecule has 6 heterocycles. The van der Waals surface area contributed by atoms with Gasteiger partial charge in [0.15, 0.2) is 0 Å². The Bertz CT molecular complexity index is 3060. The number of Topliss-reactive ketones (excluding diaryl/α,β-unsaturated/α-hetero) is 1. The van der Waals surface area contributed by atoms with Crippen molar-refractivity contribution in [1.82, 2.24) is 29.4 Å². The number of hydrogen-bond acceptors (Lipinski definition) is 9. The fourth-order valence-electron chi connectivity index (χ4n) is 13.5. The summed E-state index contributed by atoms with van der Waals surface area (Å²) in [5, 5.41) is 8.58. The van der Waals surface area contributed by atoms with E-state index < -0.39 is 12.9 Å². The van der Waals surface area contributed by atoms with Crippen LogP contribution in [0, 0.1) is 0 Å². The van der Waals surface area contributed by atoms with Crippen molar-refractivity contribution in [3.63, 3.8) is 0 Å². The van der Waals surface area contributed by atoms with E-state index in [1.807, 2.05) is 12.1 Å². The number of rotatable bonds is 12. The molecule has 0 amide bonds. The summed E-state index contributed by atoms with van der Waals surface area (Å²) in [6, 6.07) is 16.8. The molecule has 4 aliphatic heterocycles. The third kappa shape index (κ3) is 9.20. The Morgan fingerprint density at radius 1 is 0.553 bits per heavy atom. The van der Waals surface area contributed by atoms with Crippen LogP contribution in [0.3, 0.4) is 0 Å². The first-order valence-corrected chi connectivity index (χ1v) is 27.3. The third-order valence-electron chi connectivity index (χ3n) is 17.7. The van der Waals surface area contributed by atoms with Crippen LogP contribution in [0.25, 0.3) is 22.3 Å². The molecule has 6 aromatic rings. The van der Waals surface area contributed by atoms with Crippen LogP contribution < -0.4 is 21.3 Å². The summed E-state index contributed by atoms with van der Waals surface area (Å²) in [6.07, 6.45) is 12.4. The lowest BCUT2D eigenvalue weighted by Crippen LogP contribution is -2.29. The Balaban J connectivity index is 0.848. The van der Waals surface area contributed by atoms with Gasteiger partial charge in [0.2, 0.25) is 5.78 Å². The fraction of sp³-hybridized carbons (Fsp3) is 0.426. The van der Waals surface area contributed by atoms with Crippen LogP contribution in [0.15, 0.2) is 97.9 Å². The summed E-state index contributed by atoms with van der Waals surface area (Å²) >= 11 is 0. The highest BCUT2D eigenvalue weighted by atomic mass is 19.3. The number of hydrogen-bond donors (Lipinski definition) is 2. The molecule has 0 bridgehead atoms. The van der Waals surface area contributed by atoms with Gasteiger partial charge in [-0.25, -0.2) is 17.6 Å². The van der Waals surface area contributed by atoms with Gasteiger partial charge in [0.25, 0.3) is 12.9 Å². The van der Waals surface area contributed by atoms with Crippen LogP contribution in [-0.4, -0.2) is 60.3 Å². The second-order valence-corrected chi connectivity index (χ2v) is 22.6. The maximum absolute atomic E-state index is 15.1. The van der Waals surface area contributed by atoms with Gasteiger partial charge < -0.3 is 31.1 Å². The van der Waals surface area contributed by atoms with Crippen LogP contribution in [0.1, 0.15) is 145 Å². The summed E-state index contributed by atoms with van der Waals surface area (Å²) in [5.41, 5.74) is 28.2. The van der Waals surface area contributed by atoms with Gasteiger partial charge in [-0.3, -0.25) is 14.2 Å². The van der Waals surface area contributed by atoms with Gasteiger partial charge >= 0.3 is 0 Å². The quantitative estimate of drug-likeness (QED) is 0.0912. The summed E-state index contributed by atoms with van der Waals surface area (Å²) in [6.45, 7) is 12.1. The van der Waals surface area contributed by atoms with E-state index in [0.29, 0.717) is 84.8 Å².